The quantitative estimate of drug-likeness (QED) is 0.139. The standard InChI is InChI=1S/C30H28F20N2/c1-5-13-9-17(10-14(6-2)19(13)51)21(31,32)23(35,36)25(39,40)27(43,44)29(47,48)30(49,50)28(45,46)26(41,42)24(37,38)22(33,34)18-11-15(7-3)20(52)16(8-4)12-18/h9-12H,5-8,51-52H2,1-4H3. The fourth-order valence-corrected chi connectivity index (χ4v) is 5.03. The number of nitrogens with two attached hydrogens (primary N) is 2. The first-order valence-corrected chi connectivity index (χ1v) is 14.7. The Kier molecular flexibility index (Phi) is 11.4. The van der Waals surface area contributed by atoms with Crippen LogP contribution in [0.1, 0.15) is 61.1 Å². The van der Waals surface area contributed by atoms with Crippen molar-refractivity contribution in [2.45, 2.75) is 113 Å². The summed E-state index contributed by atoms with van der Waals surface area (Å²) in [7, 11) is 0. The Labute approximate surface area is 281 Å². The van der Waals surface area contributed by atoms with Gasteiger partial charge in [0.15, 0.2) is 0 Å². The average Bonchev–Trinajstić information content (AvgIpc) is 3.03. The van der Waals surface area contributed by atoms with Crippen LogP contribution in [0.3, 0.4) is 0 Å². The monoisotopic (exact) mass is 796 g/mol. The second kappa shape index (κ2) is 13.2. The molecule has 2 aromatic carbocycles. The number of benzene rings is 2. The molecule has 0 unspecified atom stereocenters. The van der Waals surface area contributed by atoms with Crippen LogP contribution in [0.5, 0.6) is 0 Å². The predicted octanol–water partition coefficient (Wildman–Crippen LogP) is 11.1. The van der Waals surface area contributed by atoms with Gasteiger partial charge in [-0.15, -0.1) is 0 Å². The van der Waals surface area contributed by atoms with Crippen LogP contribution in [0, 0.1) is 0 Å². The van der Waals surface area contributed by atoms with Crippen LogP contribution in [0.25, 0.3) is 0 Å². The van der Waals surface area contributed by atoms with E-state index in [0.29, 0.717) is 0 Å². The van der Waals surface area contributed by atoms with Gasteiger partial charge < -0.3 is 11.5 Å². The van der Waals surface area contributed by atoms with E-state index in [1.165, 1.54) is 0 Å². The van der Waals surface area contributed by atoms with Gasteiger partial charge in [0.2, 0.25) is 0 Å². The molecular formula is C30H28F20N2. The molecule has 0 amide bonds. The van der Waals surface area contributed by atoms with Crippen LogP contribution in [0.4, 0.5) is 99.2 Å². The second-order valence-corrected chi connectivity index (χ2v) is 11.6. The molecule has 0 atom stereocenters. The van der Waals surface area contributed by atoms with E-state index in [9.17, 15) is 87.8 Å². The molecule has 2 rings (SSSR count). The first-order chi connectivity index (χ1) is 23.0. The molecule has 0 fully saturated rings. The lowest BCUT2D eigenvalue weighted by atomic mass is 9.83. The summed E-state index contributed by atoms with van der Waals surface area (Å²) in [6.45, 7) is 4.47. The minimum atomic E-state index is -9.11. The maximum atomic E-state index is 14.9. The Morgan fingerprint density at radius 3 is 0.635 bits per heavy atom. The predicted molar refractivity (Wildman–Crippen MR) is 147 cm³/mol. The van der Waals surface area contributed by atoms with E-state index in [0.717, 1.165) is 27.7 Å². The Bertz CT molecular complexity index is 1460. The first kappa shape index (κ1) is 44.8. The Morgan fingerprint density at radius 1 is 0.327 bits per heavy atom. The molecule has 0 spiro atoms. The van der Waals surface area contributed by atoms with Crippen molar-refractivity contribution in [3.63, 3.8) is 0 Å². The van der Waals surface area contributed by atoms with E-state index in [2.05, 4.69) is 0 Å². The molecule has 0 saturated heterocycles. The van der Waals surface area contributed by atoms with E-state index < -0.39 is 130 Å². The van der Waals surface area contributed by atoms with Gasteiger partial charge in [-0.3, -0.25) is 0 Å². The summed E-state index contributed by atoms with van der Waals surface area (Å²) in [6, 6.07) is -0.411. The lowest BCUT2D eigenvalue weighted by Crippen LogP contribution is -2.76. The molecule has 52 heavy (non-hydrogen) atoms. The highest BCUT2D eigenvalue weighted by atomic mass is 19.4. The van der Waals surface area contributed by atoms with E-state index >= 15 is 0 Å². The summed E-state index contributed by atoms with van der Waals surface area (Å²) in [5.74, 6) is -83.0. The largest absolute Gasteiger partial charge is 0.398 e. The second-order valence-electron chi connectivity index (χ2n) is 11.6. The molecule has 298 valence electrons. The molecule has 0 heterocycles. The van der Waals surface area contributed by atoms with Crippen molar-refractivity contribution < 1.29 is 87.8 Å². The fraction of sp³-hybridized carbons (Fsp3) is 0.600. The van der Waals surface area contributed by atoms with E-state index in [1.54, 1.807) is 0 Å². The molecule has 0 bridgehead atoms. The number of hydrogen-bond donors (Lipinski definition) is 2. The van der Waals surface area contributed by atoms with Crippen molar-refractivity contribution in [1.82, 2.24) is 0 Å². The number of hydrogen-bond acceptors (Lipinski definition) is 2. The number of aryl methyl sites for hydroxylation is 4. The Balaban J connectivity index is 2.80. The minimum Gasteiger partial charge on any atom is -0.398 e. The van der Waals surface area contributed by atoms with E-state index in [-0.39, 0.29) is 24.3 Å². The normalized spacial score (nSPS) is 15.0. The third-order valence-corrected chi connectivity index (χ3v) is 8.50. The SMILES string of the molecule is CCc1cc(C(F)(F)C(F)(F)C(F)(F)C(F)(F)C(F)(F)C(F)(F)C(F)(F)C(F)(F)C(F)(F)C(F)(F)c2cc(CC)c(N)c(CC)c2)cc(CC)c1N. The highest BCUT2D eigenvalue weighted by molar-refractivity contribution is 5.58. The highest BCUT2D eigenvalue weighted by Gasteiger charge is 2.97. The number of nitrogen functional groups attached to an aromatic ring is 2. The summed E-state index contributed by atoms with van der Waals surface area (Å²) >= 11 is 0. The third-order valence-electron chi connectivity index (χ3n) is 8.50. The molecule has 2 nitrogen and oxygen atoms in total. The molecule has 0 aliphatic carbocycles. The van der Waals surface area contributed by atoms with Crippen LogP contribution in [-0.2, 0) is 37.5 Å². The van der Waals surface area contributed by atoms with Crippen molar-refractivity contribution in [3.05, 3.63) is 57.6 Å². The Morgan fingerprint density at radius 2 is 0.481 bits per heavy atom. The van der Waals surface area contributed by atoms with Crippen LogP contribution in [0.15, 0.2) is 24.3 Å². The van der Waals surface area contributed by atoms with Gasteiger partial charge in [0, 0.05) is 22.5 Å². The first-order valence-electron chi connectivity index (χ1n) is 14.7. The third kappa shape index (κ3) is 5.78. The van der Waals surface area contributed by atoms with Crippen LogP contribution >= 0.6 is 0 Å². The molecule has 0 aromatic heterocycles. The van der Waals surface area contributed by atoms with Crippen LogP contribution in [0.2, 0.25) is 0 Å². The van der Waals surface area contributed by atoms with Gasteiger partial charge in [0.05, 0.1) is 0 Å². The van der Waals surface area contributed by atoms with Gasteiger partial charge in [-0.25, -0.2) is 0 Å². The number of alkyl halides is 20. The molecule has 2 aromatic rings. The topological polar surface area (TPSA) is 52.0 Å². The molecule has 4 N–H and O–H groups in total. The summed E-state index contributed by atoms with van der Waals surface area (Å²) < 4.78 is 293. The molecule has 0 saturated carbocycles. The van der Waals surface area contributed by atoms with Gasteiger partial charge in [-0.1, -0.05) is 27.7 Å². The van der Waals surface area contributed by atoms with Crippen molar-refractivity contribution >= 4 is 11.4 Å². The highest BCUT2D eigenvalue weighted by Crippen LogP contribution is 2.67. The van der Waals surface area contributed by atoms with Crippen molar-refractivity contribution in [1.29, 1.82) is 0 Å². The number of anilines is 2. The van der Waals surface area contributed by atoms with Crippen molar-refractivity contribution in [2.75, 3.05) is 11.5 Å². The lowest BCUT2D eigenvalue weighted by Gasteiger charge is -2.45. The van der Waals surface area contributed by atoms with Crippen LogP contribution < -0.4 is 11.5 Å². The lowest BCUT2D eigenvalue weighted by molar-refractivity contribution is -0.470. The molecule has 0 aliphatic rings. The minimum absolute atomic E-state index is 0.103. The zero-order valence-electron chi connectivity index (χ0n) is 26.9. The zero-order chi connectivity index (χ0) is 41.3. The van der Waals surface area contributed by atoms with E-state index in [1.807, 2.05) is 0 Å². The van der Waals surface area contributed by atoms with E-state index in [4.69, 9.17) is 11.5 Å². The maximum absolute atomic E-state index is 14.9. The fourth-order valence-electron chi connectivity index (χ4n) is 5.03. The maximum Gasteiger partial charge on any atom is 0.385 e. The molecule has 0 aliphatic heterocycles. The molecule has 0 radical (unpaired) electrons. The van der Waals surface area contributed by atoms with Crippen molar-refractivity contribution in [2.24, 2.45) is 0 Å². The zero-order valence-corrected chi connectivity index (χ0v) is 26.9. The van der Waals surface area contributed by atoms with Gasteiger partial charge in [-0.05, 0) is 72.2 Å². The van der Waals surface area contributed by atoms with Gasteiger partial charge >= 0.3 is 59.2 Å². The average molecular weight is 797 g/mol. The van der Waals surface area contributed by atoms with Crippen molar-refractivity contribution in [3.8, 4) is 0 Å². The Hall–Kier alpha value is -3.36. The summed E-state index contributed by atoms with van der Waals surface area (Å²) in [6.07, 6.45) is -1.79. The number of halogens is 20. The summed E-state index contributed by atoms with van der Waals surface area (Å²) in [4.78, 5) is 0. The smallest absolute Gasteiger partial charge is 0.385 e. The van der Waals surface area contributed by atoms with Crippen LogP contribution in [-0.4, -0.2) is 47.4 Å². The summed E-state index contributed by atoms with van der Waals surface area (Å²) in [5.41, 5.74) is 3.35. The number of rotatable bonds is 15. The molecular weight excluding hydrogens is 768 g/mol. The summed E-state index contributed by atoms with van der Waals surface area (Å²) in [5, 5.41) is 0. The van der Waals surface area contributed by atoms with Gasteiger partial charge in [0.1, 0.15) is 0 Å². The molecule has 22 heteroatoms. The van der Waals surface area contributed by atoms with Gasteiger partial charge in [-0.2, -0.15) is 87.8 Å². The van der Waals surface area contributed by atoms with Gasteiger partial charge in [0.25, 0.3) is 0 Å².